The molecule has 19 heavy (non-hydrogen) atoms. The molecule has 9 heteroatoms. The summed E-state index contributed by atoms with van der Waals surface area (Å²) in [5, 5.41) is 12.6. The Balaban J connectivity index is 2.69. The van der Waals surface area contributed by atoms with E-state index in [9.17, 15) is 14.2 Å². The van der Waals surface area contributed by atoms with Gasteiger partial charge >= 0.3 is 19.6 Å². The molecule has 0 aromatic heterocycles. The van der Waals surface area contributed by atoms with Gasteiger partial charge in [-0.2, -0.15) is 0 Å². The number of benzene rings is 1. The summed E-state index contributed by atoms with van der Waals surface area (Å²) in [6.07, 6.45) is 0. The van der Waals surface area contributed by atoms with Crippen LogP contribution in [-0.2, 0) is 9.36 Å². The molecule has 1 aromatic rings. The van der Waals surface area contributed by atoms with E-state index in [1.807, 2.05) is 5.32 Å². The van der Waals surface area contributed by atoms with Crippen LogP contribution in [0.2, 0.25) is 0 Å². The minimum Gasteiger partial charge on any atom is -0.477 e. The number of aliphatic carboxylic acids is 1. The van der Waals surface area contributed by atoms with E-state index in [1.54, 1.807) is 0 Å². The molecule has 5 N–H and O–H groups in total. The van der Waals surface area contributed by atoms with Gasteiger partial charge in [0.25, 0.3) is 0 Å². The van der Waals surface area contributed by atoms with Crippen molar-refractivity contribution in [2.45, 2.75) is 0 Å². The zero-order chi connectivity index (χ0) is 14.6. The number of hydrogen-bond acceptors (Lipinski definition) is 3. The molecule has 0 saturated heterocycles. The van der Waals surface area contributed by atoms with Gasteiger partial charge in [0.15, 0.2) is 0 Å². The van der Waals surface area contributed by atoms with E-state index in [-0.39, 0.29) is 11.0 Å². The molecule has 8 nitrogen and oxygen atoms in total. The van der Waals surface area contributed by atoms with Crippen molar-refractivity contribution in [2.24, 2.45) is 0 Å². The van der Waals surface area contributed by atoms with Crippen molar-refractivity contribution in [3.8, 4) is 0 Å². The van der Waals surface area contributed by atoms with E-state index < -0.39 is 25.3 Å². The molecule has 0 aliphatic heterocycles. The predicted molar refractivity (Wildman–Crippen MR) is 67.1 cm³/mol. The van der Waals surface area contributed by atoms with Crippen LogP contribution in [0.4, 0.5) is 10.5 Å². The fourth-order valence-electron chi connectivity index (χ4n) is 1.09. The Labute approximate surface area is 107 Å². The molecule has 0 aliphatic carbocycles. The number of carboxylic acid groups (broad SMARTS) is 1. The van der Waals surface area contributed by atoms with Gasteiger partial charge in [0.1, 0.15) is 5.70 Å². The Morgan fingerprint density at radius 3 is 2.11 bits per heavy atom. The van der Waals surface area contributed by atoms with E-state index in [1.165, 1.54) is 12.1 Å². The maximum atomic E-state index is 11.3. The molecular weight excluding hydrogens is 275 g/mol. The lowest BCUT2D eigenvalue weighted by Gasteiger charge is -2.08. The molecule has 1 rings (SSSR count). The van der Waals surface area contributed by atoms with Gasteiger partial charge in [-0.3, -0.25) is 4.57 Å². The van der Waals surface area contributed by atoms with Gasteiger partial charge in [0.05, 0.1) is 5.30 Å². The van der Waals surface area contributed by atoms with Crippen LogP contribution in [0.1, 0.15) is 0 Å². The van der Waals surface area contributed by atoms with Gasteiger partial charge in [-0.1, -0.05) is 6.58 Å². The molecule has 0 bridgehead atoms. The van der Waals surface area contributed by atoms with Crippen LogP contribution in [0.15, 0.2) is 36.5 Å². The van der Waals surface area contributed by atoms with Crippen molar-refractivity contribution in [2.75, 3.05) is 5.32 Å². The van der Waals surface area contributed by atoms with E-state index in [0.717, 1.165) is 12.1 Å². The van der Waals surface area contributed by atoms with Crippen LogP contribution >= 0.6 is 7.60 Å². The number of carboxylic acids is 1. The lowest BCUT2D eigenvalue weighted by atomic mass is 10.3. The van der Waals surface area contributed by atoms with Crippen molar-refractivity contribution >= 4 is 30.6 Å². The molecule has 0 atom stereocenters. The number of carbonyl (C=O) groups is 2. The van der Waals surface area contributed by atoms with Crippen LogP contribution in [-0.4, -0.2) is 26.9 Å². The highest BCUT2D eigenvalue weighted by molar-refractivity contribution is 7.60. The highest BCUT2D eigenvalue weighted by Crippen LogP contribution is 2.33. The first-order valence-corrected chi connectivity index (χ1v) is 6.48. The molecule has 0 radical (unpaired) electrons. The number of anilines is 1. The Morgan fingerprint density at radius 2 is 1.68 bits per heavy atom. The second-order valence-corrected chi connectivity index (χ2v) is 5.06. The van der Waals surface area contributed by atoms with Gasteiger partial charge in [0, 0.05) is 5.69 Å². The SMILES string of the molecule is C=C(NC(=O)Nc1ccc(P(=O)(O)O)cc1)C(=O)O. The molecule has 0 fully saturated rings. The van der Waals surface area contributed by atoms with E-state index in [0.29, 0.717) is 0 Å². The van der Waals surface area contributed by atoms with E-state index in [4.69, 9.17) is 14.9 Å². The van der Waals surface area contributed by atoms with E-state index in [2.05, 4.69) is 11.9 Å². The number of nitrogens with one attached hydrogen (secondary N) is 2. The lowest BCUT2D eigenvalue weighted by Crippen LogP contribution is -2.30. The maximum absolute atomic E-state index is 11.3. The number of urea groups is 1. The molecule has 0 saturated carbocycles. The van der Waals surface area contributed by atoms with Gasteiger partial charge in [-0.05, 0) is 24.3 Å². The minimum atomic E-state index is -4.33. The third-order valence-electron chi connectivity index (χ3n) is 1.98. The summed E-state index contributed by atoms with van der Waals surface area (Å²) in [5.41, 5.74) is -0.253. The normalized spacial score (nSPS) is 10.6. The molecule has 102 valence electrons. The first kappa shape index (κ1) is 14.9. The Kier molecular flexibility index (Phi) is 4.44. The van der Waals surface area contributed by atoms with E-state index >= 15 is 0 Å². The highest BCUT2D eigenvalue weighted by atomic mass is 31.2. The van der Waals surface area contributed by atoms with Crippen molar-refractivity contribution in [3.63, 3.8) is 0 Å². The van der Waals surface area contributed by atoms with Gasteiger partial charge in [-0.25, -0.2) is 9.59 Å². The highest BCUT2D eigenvalue weighted by Gasteiger charge is 2.16. The van der Waals surface area contributed by atoms with Crippen molar-refractivity contribution < 1.29 is 29.0 Å². The number of amides is 2. The van der Waals surface area contributed by atoms with Gasteiger partial charge < -0.3 is 25.5 Å². The summed E-state index contributed by atoms with van der Waals surface area (Å²) in [7, 11) is -4.33. The Hall–Kier alpha value is -2.15. The standard InChI is InChI=1S/C10H11N2O6P/c1-6(9(13)14)11-10(15)12-7-2-4-8(5-3-7)19(16,17)18/h2-5H,1H2,(H,13,14)(H2,11,12,15)(H2,16,17,18). The van der Waals surface area contributed by atoms with Crippen LogP contribution in [0.5, 0.6) is 0 Å². The number of carbonyl (C=O) groups excluding carboxylic acids is 1. The fraction of sp³-hybridized carbons (Fsp3) is 0. The molecule has 0 aliphatic rings. The second kappa shape index (κ2) is 5.66. The molecule has 0 spiro atoms. The third kappa shape index (κ3) is 4.55. The van der Waals surface area contributed by atoms with Gasteiger partial charge in [0.2, 0.25) is 0 Å². The molecular formula is C10H11N2O6P. The summed E-state index contributed by atoms with van der Waals surface area (Å²) in [5.74, 6) is -1.37. The summed E-state index contributed by atoms with van der Waals surface area (Å²) >= 11 is 0. The summed E-state index contributed by atoms with van der Waals surface area (Å²) in [4.78, 5) is 39.5. The first-order chi connectivity index (χ1) is 8.70. The summed E-state index contributed by atoms with van der Waals surface area (Å²) in [6.45, 7) is 3.11. The second-order valence-electron chi connectivity index (χ2n) is 3.45. The number of rotatable bonds is 4. The molecule has 0 heterocycles. The monoisotopic (exact) mass is 286 g/mol. The topological polar surface area (TPSA) is 136 Å². The van der Waals surface area contributed by atoms with Crippen molar-refractivity contribution in [1.82, 2.24) is 5.32 Å². The van der Waals surface area contributed by atoms with Crippen LogP contribution in [0, 0.1) is 0 Å². The van der Waals surface area contributed by atoms with Crippen LogP contribution in [0.25, 0.3) is 0 Å². The quantitative estimate of drug-likeness (QED) is 0.396. The summed E-state index contributed by atoms with van der Waals surface area (Å²) in [6, 6.07) is 4.04. The molecule has 2 amide bonds. The average molecular weight is 286 g/mol. The maximum Gasteiger partial charge on any atom is 0.356 e. The number of hydrogen-bond donors (Lipinski definition) is 5. The first-order valence-electron chi connectivity index (χ1n) is 4.86. The van der Waals surface area contributed by atoms with Crippen LogP contribution in [0.3, 0.4) is 0 Å². The third-order valence-corrected chi connectivity index (χ3v) is 2.95. The van der Waals surface area contributed by atoms with Gasteiger partial charge in [-0.15, -0.1) is 0 Å². The largest absolute Gasteiger partial charge is 0.477 e. The Morgan fingerprint density at radius 1 is 1.16 bits per heavy atom. The summed E-state index contributed by atoms with van der Waals surface area (Å²) < 4.78 is 10.9. The zero-order valence-corrected chi connectivity index (χ0v) is 10.4. The molecule has 1 aromatic carbocycles. The fourth-order valence-corrected chi connectivity index (χ4v) is 1.63. The zero-order valence-electron chi connectivity index (χ0n) is 9.53. The lowest BCUT2D eigenvalue weighted by molar-refractivity contribution is -0.132. The van der Waals surface area contributed by atoms with Crippen molar-refractivity contribution in [3.05, 3.63) is 36.5 Å². The molecule has 0 unspecified atom stereocenters. The smallest absolute Gasteiger partial charge is 0.356 e. The minimum absolute atomic E-state index is 0.187. The Bertz CT molecular complexity index is 562. The van der Waals surface area contributed by atoms with Crippen molar-refractivity contribution in [1.29, 1.82) is 0 Å². The average Bonchev–Trinajstić information content (AvgIpc) is 2.28. The van der Waals surface area contributed by atoms with Crippen LogP contribution < -0.4 is 15.9 Å². The predicted octanol–water partition coefficient (Wildman–Crippen LogP) is 0.209.